The Morgan fingerprint density at radius 3 is 2.32 bits per heavy atom. The van der Waals surface area contributed by atoms with Gasteiger partial charge in [0, 0.05) is 0 Å². The average molecular weight is 346 g/mol. The van der Waals surface area contributed by atoms with Crippen LogP contribution in [0, 0.1) is 5.92 Å². The maximum absolute atomic E-state index is 14.1. The van der Waals surface area contributed by atoms with E-state index in [1.54, 1.807) is 0 Å². The summed E-state index contributed by atoms with van der Waals surface area (Å²) in [7, 11) is 0. The van der Waals surface area contributed by atoms with Crippen LogP contribution in [-0.4, -0.2) is 5.71 Å². The minimum Gasteiger partial charge on any atom is -0.254 e. The summed E-state index contributed by atoms with van der Waals surface area (Å²) in [5, 5.41) is 0. The highest BCUT2D eigenvalue weighted by atomic mass is 19.1. The van der Waals surface area contributed by atoms with Crippen LogP contribution in [0.4, 0.5) is 4.39 Å². The van der Waals surface area contributed by atoms with Crippen molar-refractivity contribution in [1.82, 2.24) is 0 Å². The lowest BCUT2D eigenvalue weighted by atomic mass is 9.85. The standard InChI is InChI=1S/C23H36FN/c1-5-9-13-20(14-10-6-2)21(12-7-3)17-22-16-11-15-19(8-4)23(24)18-25-22/h11,15-18,20H,5-10,12-14H2,1-4H3/b15-11?,16-11+,19-15+,21-17-,22-16?,23-18+,23-19?,25-18?,25-22+. The third kappa shape index (κ3) is 7.98. The molecule has 1 rings (SSSR count). The van der Waals surface area contributed by atoms with Crippen LogP contribution in [0.15, 0.2) is 52.5 Å². The van der Waals surface area contributed by atoms with Gasteiger partial charge in [-0.25, -0.2) is 4.39 Å². The number of hydrogen-bond acceptors (Lipinski definition) is 1. The zero-order valence-electron chi connectivity index (χ0n) is 16.7. The van der Waals surface area contributed by atoms with Gasteiger partial charge in [0.05, 0.1) is 11.9 Å². The molecule has 1 aliphatic rings. The van der Waals surface area contributed by atoms with E-state index in [0.717, 1.165) is 18.6 Å². The summed E-state index contributed by atoms with van der Waals surface area (Å²) >= 11 is 0. The first kappa shape index (κ1) is 21.6. The van der Waals surface area contributed by atoms with E-state index in [2.05, 4.69) is 31.8 Å². The number of halogens is 1. The fourth-order valence-electron chi connectivity index (χ4n) is 3.26. The molecule has 2 heteroatoms. The molecule has 0 radical (unpaired) electrons. The fraction of sp³-hybridized carbons (Fsp3) is 0.609. The van der Waals surface area contributed by atoms with Gasteiger partial charge in [-0.3, -0.25) is 4.99 Å². The summed E-state index contributed by atoms with van der Waals surface area (Å²) in [6, 6.07) is 0. The van der Waals surface area contributed by atoms with E-state index in [-0.39, 0.29) is 5.83 Å². The molecule has 0 saturated heterocycles. The molecule has 1 aliphatic heterocycles. The maximum atomic E-state index is 14.1. The maximum Gasteiger partial charge on any atom is 0.144 e. The number of unbranched alkanes of at least 4 members (excludes halogenated alkanes) is 2. The molecule has 0 N–H and O–H groups in total. The highest BCUT2D eigenvalue weighted by Gasteiger charge is 2.14. The van der Waals surface area contributed by atoms with Gasteiger partial charge in [0.25, 0.3) is 0 Å². The van der Waals surface area contributed by atoms with Crippen molar-refractivity contribution >= 4 is 5.71 Å². The molecule has 140 valence electrons. The molecule has 0 amide bonds. The first-order chi connectivity index (χ1) is 12.2. The van der Waals surface area contributed by atoms with E-state index in [0.29, 0.717) is 17.9 Å². The quantitative estimate of drug-likeness (QED) is 0.361. The molecule has 0 saturated carbocycles. The molecule has 0 aromatic heterocycles. The molecule has 25 heavy (non-hydrogen) atoms. The normalized spacial score (nSPS) is 23.1. The lowest BCUT2D eigenvalue weighted by Crippen LogP contribution is -2.07. The predicted octanol–water partition coefficient (Wildman–Crippen LogP) is 7.87. The Balaban J connectivity index is 3.05. The van der Waals surface area contributed by atoms with Crippen molar-refractivity contribution < 1.29 is 4.39 Å². The van der Waals surface area contributed by atoms with Gasteiger partial charge < -0.3 is 0 Å². The van der Waals surface area contributed by atoms with Gasteiger partial charge >= 0.3 is 0 Å². The molecule has 0 bridgehead atoms. The number of rotatable bonds is 11. The smallest absolute Gasteiger partial charge is 0.144 e. The van der Waals surface area contributed by atoms with E-state index in [1.165, 1.54) is 50.3 Å². The first-order valence-corrected chi connectivity index (χ1v) is 10.2. The number of aliphatic imine (C=N–C) groups is 1. The summed E-state index contributed by atoms with van der Waals surface area (Å²) < 4.78 is 14.1. The van der Waals surface area contributed by atoms with E-state index in [4.69, 9.17) is 0 Å². The molecule has 0 aromatic rings. The Morgan fingerprint density at radius 1 is 1.08 bits per heavy atom. The predicted molar refractivity (Wildman–Crippen MR) is 110 cm³/mol. The Kier molecular flexibility index (Phi) is 11.1. The van der Waals surface area contributed by atoms with Crippen LogP contribution in [0.3, 0.4) is 0 Å². The van der Waals surface area contributed by atoms with E-state index < -0.39 is 0 Å². The van der Waals surface area contributed by atoms with Crippen molar-refractivity contribution in [1.29, 1.82) is 0 Å². The third-order valence-electron chi connectivity index (χ3n) is 4.79. The molecule has 0 fully saturated rings. The Bertz CT molecular complexity index is 526. The van der Waals surface area contributed by atoms with Crippen LogP contribution < -0.4 is 0 Å². The Hall–Kier alpha value is -1.44. The van der Waals surface area contributed by atoms with Crippen LogP contribution in [0.2, 0.25) is 0 Å². The van der Waals surface area contributed by atoms with Crippen molar-refractivity contribution in [3.05, 3.63) is 47.5 Å². The number of nitrogens with zero attached hydrogens (tertiary/aromatic N) is 1. The van der Waals surface area contributed by atoms with Gasteiger partial charge in [-0.2, -0.15) is 0 Å². The summed E-state index contributed by atoms with van der Waals surface area (Å²) in [6.07, 6.45) is 19.8. The highest BCUT2D eigenvalue weighted by Crippen LogP contribution is 2.28. The van der Waals surface area contributed by atoms with E-state index >= 15 is 0 Å². The first-order valence-electron chi connectivity index (χ1n) is 10.2. The second kappa shape index (κ2) is 12.9. The van der Waals surface area contributed by atoms with E-state index in [1.807, 2.05) is 25.2 Å². The lowest BCUT2D eigenvalue weighted by Gasteiger charge is -2.20. The van der Waals surface area contributed by atoms with Crippen molar-refractivity contribution in [3.63, 3.8) is 0 Å². The minimum atomic E-state index is -0.219. The molecular formula is C23H36FN. The van der Waals surface area contributed by atoms with Gasteiger partial charge in [-0.05, 0) is 49.3 Å². The average Bonchev–Trinajstić information content (AvgIpc) is 2.61. The van der Waals surface area contributed by atoms with Crippen molar-refractivity contribution in [2.24, 2.45) is 10.9 Å². The number of allylic oxidation sites excluding steroid dienone is 7. The van der Waals surface area contributed by atoms with Crippen LogP contribution >= 0.6 is 0 Å². The molecule has 1 nitrogen and oxygen atoms in total. The minimum absolute atomic E-state index is 0.219. The Morgan fingerprint density at radius 2 is 1.76 bits per heavy atom. The fourth-order valence-corrected chi connectivity index (χ4v) is 3.26. The van der Waals surface area contributed by atoms with Crippen molar-refractivity contribution in [2.45, 2.75) is 85.5 Å². The van der Waals surface area contributed by atoms with Crippen LogP contribution in [0.25, 0.3) is 0 Å². The SMILES string of the molecule is CCCCC(CCCC)/C(=C\C1=N\C=C(F)/C(CC)=C/C=C/1)CCC. The molecule has 0 aromatic carbocycles. The third-order valence-corrected chi connectivity index (χ3v) is 4.79. The topological polar surface area (TPSA) is 12.4 Å². The van der Waals surface area contributed by atoms with Gasteiger partial charge in [0.2, 0.25) is 0 Å². The van der Waals surface area contributed by atoms with Gasteiger partial charge in [0.1, 0.15) is 5.83 Å². The summed E-state index contributed by atoms with van der Waals surface area (Å²) in [5.41, 5.74) is 3.06. The summed E-state index contributed by atoms with van der Waals surface area (Å²) in [6.45, 7) is 8.71. The summed E-state index contributed by atoms with van der Waals surface area (Å²) in [5.74, 6) is 0.417. The van der Waals surface area contributed by atoms with Crippen molar-refractivity contribution in [2.75, 3.05) is 0 Å². The molecule has 0 aliphatic carbocycles. The molecular weight excluding hydrogens is 309 g/mol. The van der Waals surface area contributed by atoms with Crippen LogP contribution in [0.1, 0.15) is 85.5 Å². The van der Waals surface area contributed by atoms with Crippen LogP contribution in [0.5, 0.6) is 0 Å². The van der Waals surface area contributed by atoms with E-state index in [9.17, 15) is 4.39 Å². The molecule has 0 atom stereocenters. The zero-order chi connectivity index (χ0) is 18.5. The Labute approximate surface area is 154 Å². The zero-order valence-corrected chi connectivity index (χ0v) is 16.7. The number of hydrogen-bond donors (Lipinski definition) is 0. The van der Waals surface area contributed by atoms with Crippen LogP contribution in [-0.2, 0) is 0 Å². The van der Waals surface area contributed by atoms with Gasteiger partial charge in [0.15, 0.2) is 0 Å². The molecule has 1 heterocycles. The molecule has 0 spiro atoms. The highest BCUT2D eigenvalue weighted by molar-refractivity contribution is 6.05. The lowest BCUT2D eigenvalue weighted by molar-refractivity contribution is 0.462. The molecule has 0 unspecified atom stereocenters. The monoisotopic (exact) mass is 345 g/mol. The largest absolute Gasteiger partial charge is 0.254 e. The summed E-state index contributed by atoms with van der Waals surface area (Å²) in [4.78, 5) is 4.40. The van der Waals surface area contributed by atoms with Gasteiger partial charge in [-0.1, -0.05) is 77.5 Å². The van der Waals surface area contributed by atoms with Gasteiger partial charge in [-0.15, -0.1) is 0 Å². The second-order valence-corrected chi connectivity index (χ2v) is 6.89. The second-order valence-electron chi connectivity index (χ2n) is 6.89. The van der Waals surface area contributed by atoms with Crippen molar-refractivity contribution in [3.8, 4) is 0 Å².